The normalized spacial score (nSPS) is 25.7. The van der Waals surface area contributed by atoms with Crippen molar-refractivity contribution in [3.8, 4) is 0 Å². The second-order valence-electron chi connectivity index (χ2n) is 4.20. The topological polar surface area (TPSA) is 17.1 Å². The van der Waals surface area contributed by atoms with Gasteiger partial charge in [-0.1, -0.05) is 23.8 Å². The van der Waals surface area contributed by atoms with Crippen LogP contribution in [0.2, 0.25) is 0 Å². The molecular weight excluding hydrogens is 160 g/mol. The third-order valence-corrected chi connectivity index (χ3v) is 3.05. The van der Waals surface area contributed by atoms with E-state index in [4.69, 9.17) is 0 Å². The molecule has 68 valence electrons. The van der Waals surface area contributed by atoms with Crippen LogP contribution in [0.15, 0.2) is 18.2 Å². The van der Waals surface area contributed by atoms with Crippen LogP contribution in [0.3, 0.4) is 0 Å². The van der Waals surface area contributed by atoms with Crippen molar-refractivity contribution >= 4 is 6.29 Å². The highest BCUT2D eigenvalue weighted by Gasteiger charge is 2.33. The standard InChI is InChI=1S/C12H14O/c1-9-3-4-11-10(7-9)5-6-12(11,2)8-13/h3-4,7-8H,5-6H2,1-2H3/t12-/m1/s1. The maximum atomic E-state index is 11.0. The molecule has 13 heavy (non-hydrogen) atoms. The molecule has 0 N–H and O–H groups in total. The number of hydrogen-bond acceptors (Lipinski definition) is 1. The second kappa shape index (κ2) is 2.69. The summed E-state index contributed by atoms with van der Waals surface area (Å²) in [5.41, 5.74) is 3.65. The van der Waals surface area contributed by atoms with Crippen molar-refractivity contribution in [3.05, 3.63) is 34.9 Å². The fraction of sp³-hybridized carbons (Fsp3) is 0.417. The first kappa shape index (κ1) is 8.49. The summed E-state index contributed by atoms with van der Waals surface area (Å²) < 4.78 is 0. The monoisotopic (exact) mass is 174 g/mol. The molecule has 0 saturated heterocycles. The molecule has 0 bridgehead atoms. The summed E-state index contributed by atoms with van der Waals surface area (Å²) in [7, 11) is 0. The molecule has 1 aromatic rings. The number of fused-ring (bicyclic) bond motifs is 1. The van der Waals surface area contributed by atoms with E-state index in [0.29, 0.717) is 0 Å². The van der Waals surface area contributed by atoms with Crippen molar-refractivity contribution in [2.45, 2.75) is 32.1 Å². The van der Waals surface area contributed by atoms with Gasteiger partial charge in [0.2, 0.25) is 0 Å². The third kappa shape index (κ3) is 1.19. The van der Waals surface area contributed by atoms with Crippen LogP contribution >= 0.6 is 0 Å². The second-order valence-corrected chi connectivity index (χ2v) is 4.20. The number of benzene rings is 1. The molecule has 1 aliphatic carbocycles. The Balaban J connectivity index is 2.55. The summed E-state index contributed by atoms with van der Waals surface area (Å²) >= 11 is 0. The molecule has 0 unspecified atom stereocenters. The Labute approximate surface area is 78.8 Å². The molecule has 0 spiro atoms. The zero-order valence-electron chi connectivity index (χ0n) is 8.13. The Morgan fingerprint density at radius 1 is 1.46 bits per heavy atom. The SMILES string of the molecule is Cc1ccc2c(c1)CC[C@]2(C)C=O. The van der Waals surface area contributed by atoms with Gasteiger partial charge in [0.15, 0.2) is 0 Å². The first-order valence-electron chi connectivity index (χ1n) is 4.72. The van der Waals surface area contributed by atoms with Gasteiger partial charge in [-0.25, -0.2) is 0 Å². The number of carbonyl (C=O) groups excluding carboxylic acids is 1. The lowest BCUT2D eigenvalue weighted by Crippen LogP contribution is -2.19. The van der Waals surface area contributed by atoms with E-state index in [9.17, 15) is 4.79 Å². The molecule has 1 nitrogen and oxygen atoms in total. The van der Waals surface area contributed by atoms with E-state index >= 15 is 0 Å². The zero-order chi connectivity index (χ0) is 9.47. The Morgan fingerprint density at radius 2 is 2.23 bits per heavy atom. The Morgan fingerprint density at radius 3 is 2.92 bits per heavy atom. The summed E-state index contributed by atoms with van der Waals surface area (Å²) in [6, 6.07) is 6.39. The number of carbonyl (C=O) groups is 1. The summed E-state index contributed by atoms with van der Waals surface area (Å²) in [5, 5.41) is 0. The molecule has 0 aliphatic heterocycles. The predicted molar refractivity (Wildman–Crippen MR) is 52.9 cm³/mol. The molecule has 0 aromatic heterocycles. The van der Waals surface area contributed by atoms with Gasteiger partial charge in [0.25, 0.3) is 0 Å². The lowest BCUT2D eigenvalue weighted by atomic mass is 9.86. The minimum atomic E-state index is -0.219. The van der Waals surface area contributed by atoms with E-state index in [1.165, 1.54) is 16.7 Å². The first-order valence-corrected chi connectivity index (χ1v) is 4.72. The molecule has 0 fully saturated rings. The number of aryl methyl sites for hydroxylation is 2. The van der Waals surface area contributed by atoms with Crippen LogP contribution in [0, 0.1) is 6.92 Å². The fourth-order valence-corrected chi connectivity index (χ4v) is 2.14. The number of hydrogen-bond donors (Lipinski definition) is 0. The van der Waals surface area contributed by atoms with Crippen LogP contribution in [0.1, 0.15) is 30.0 Å². The molecule has 0 saturated carbocycles. The molecule has 0 amide bonds. The van der Waals surface area contributed by atoms with E-state index in [1.54, 1.807) is 0 Å². The van der Waals surface area contributed by atoms with Gasteiger partial charge < -0.3 is 4.79 Å². The number of rotatable bonds is 1. The molecule has 1 aliphatic rings. The van der Waals surface area contributed by atoms with Crippen LogP contribution in [-0.4, -0.2) is 6.29 Å². The van der Waals surface area contributed by atoms with Gasteiger partial charge >= 0.3 is 0 Å². The molecule has 2 rings (SSSR count). The predicted octanol–water partition coefficient (Wildman–Crippen LogP) is 2.40. The van der Waals surface area contributed by atoms with Crippen LogP contribution in [0.25, 0.3) is 0 Å². The molecule has 1 aromatic carbocycles. The Bertz CT molecular complexity index is 354. The Hall–Kier alpha value is -1.11. The van der Waals surface area contributed by atoms with Gasteiger partial charge in [0, 0.05) is 5.41 Å². The van der Waals surface area contributed by atoms with Gasteiger partial charge in [-0.15, -0.1) is 0 Å². The van der Waals surface area contributed by atoms with Crippen molar-refractivity contribution in [1.29, 1.82) is 0 Å². The van der Waals surface area contributed by atoms with Crippen molar-refractivity contribution < 1.29 is 4.79 Å². The summed E-state index contributed by atoms with van der Waals surface area (Å²) in [6.07, 6.45) is 3.11. The first-order chi connectivity index (χ1) is 6.15. The quantitative estimate of drug-likeness (QED) is 0.597. The van der Waals surface area contributed by atoms with Gasteiger partial charge in [-0.05, 0) is 37.8 Å². The van der Waals surface area contributed by atoms with Crippen molar-refractivity contribution in [1.82, 2.24) is 0 Å². The Kier molecular flexibility index (Phi) is 1.76. The molecule has 0 heterocycles. The molecule has 1 heteroatoms. The number of aldehydes is 1. The molecule has 0 radical (unpaired) electrons. The van der Waals surface area contributed by atoms with E-state index in [1.807, 2.05) is 6.92 Å². The minimum Gasteiger partial charge on any atom is -0.302 e. The highest BCUT2D eigenvalue weighted by molar-refractivity contribution is 5.71. The summed E-state index contributed by atoms with van der Waals surface area (Å²) in [4.78, 5) is 11.0. The molecular formula is C12H14O. The van der Waals surface area contributed by atoms with Gasteiger partial charge in [0.05, 0.1) is 0 Å². The minimum absolute atomic E-state index is 0.219. The average molecular weight is 174 g/mol. The van der Waals surface area contributed by atoms with Crippen LogP contribution in [-0.2, 0) is 16.6 Å². The summed E-state index contributed by atoms with van der Waals surface area (Å²) in [5.74, 6) is 0. The van der Waals surface area contributed by atoms with Crippen LogP contribution in [0.5, 0.6) is 0 Å². The maximum absolute atomic E-state index is 11.0. The van der Waals surface area contributed by atoms with Crippen LogP contribution < -0.4 is 0 Å². The smallest absolute Gasteiger partial charge is 0.130 e. The van der Waals surface area contributed by atoms with Gasteiger partial charge in [-0.2, -0.15) is 0 Å². The largest absolute Gasteiger partial charge is 0.302 e. The van der Waals surface area contributed by atoms with Crippen LogP contribution in [0.4, 0.5) is 0 Å². The highest BCUT2D eigenvalue weighted by Crippen LogP contribution is 2.37. The van der Waals surface area contributed by atoms with E-state index in [2.05, 4.69) is 25.1 Å². The molecule has 1 atom stereocenters. The highest BCUT2D eigenvalue weighted by atomic mass is 16.1. The zero-order valence-corrected chi connectivity index (χ0v) is 8.13. The van der Waals surface area contributed by atoms with E-state index in [0.717, 1.165) is 19.1 Å². The lowest BCUT2D eigenvalue weighted by molar-refractivity contribution is -0.112. The van der Waals surface area contributed by atoms with Crippen molar-refractivity contribution in [2.75, 3.05) is 0 Å². The van der Waals surface area contributed by atoms with Crippen molar-refractivity contribution in [3.63, 3.8) is 0 Å². The summed E-state index contributed by atoms with van der Waals surface area (Å²) in [6.45, 7) is 4.12. The van der Waals surface area contributed by atoms with Gasteiger partial charge in [0.1, 0.15) is 6.29 Å². The average Bonchev–Trinajstić information content (AvgIpc) is 2.45. The van der Waals surface area contributed by atoms with Gasteiger partial charge in [-0.3, -0.25) is 0 Å². The third-order valence-electron chi connectivity index (χ3n) is 3.05. The van der Waals surface area contributed by atoms with E-state index < -0.39 is 0 Å². The lowest BCUT2D eigenvalue weighted by Gasteiger charge is -2.16. The fourth-order valence-electron chi connectivity index (χ4n) is 2.14. The maximum Gasteiger partial charge on any atom is 0.130 e. The van der Waals surface area contributed by atoms with Crippen molar-refractivity contribution in [2.24, 2.45) is 0 Å². The van der Waals surface area contributed by atoms with E-state index in [-0.39, 0.29) is 5.41 Å².